The van der Waals surface area contributed by atoms with E-state index in [-0.39, 0.29) is 11.8 Å². The summed E-state index contributed by atoms with van der Waals surface area (Å²) in [5, 5.41) is 0. The Hall–Kier alpha value is -1.31. The van der Waals surface area contributed by atoms with Gasteiger partial charge in [-0.25, -0.2) is 0 Å². The van der Waals surface area contributed by atoms with E-state index < -0.39 is 0 Å². The summed E-state index contributed by atoms with van der Waals surface area (Å²) in [7, 11) is 0. The Bertz CT molecular complexity index is 411. The normalized spacial score (nSPS) is 20.0. The molecule has 2 heteroatoms. The van der Waals surface area contributed by atoms with Crippen molar-refractivity contribution in [1.29, 1.82) is 0 Å². The van der Waals surface area contributed by atoms with Gasteiger partial charge in [0, 0.05) is 18.5 Å². The number of hydrogen-bond donors (Lipinski definition) is 0. The van der Waals surface area contributed by atoms with Crippen molar-refractivity contribution in [2.75, 3.05) is 6.54 Å². The smallest absolute Gasteiger partial charge is 0.225 e. The first-order valence-electron chi connectivity index (χ1n) is 6.47. The number of nitrogens with zero attached hydrogens (tertiary/aromatic N) is 1. The number of hydrogen-bond acceptors (Lipinski definition) is 1. The minimum atomic E-state index is 0.0960. The van der Waals surface area contributed by atoms with Gasteiger partial charge in [0.1, 0.15) is 0 Å². The van der Waals surface area contributed by atoms with E-state index in [0.29, 0.717) is 6.04 Å². The van der Waals surface area contributed by atoms with Crippen LogP contribution in [0, 0.1) is 5.92 Å². The molecule has 0 saturated carbocycles. The van der Waals surface area contributed by atoms with Gasteiger partial charge in [-0.1, -0.05) is 38.1 Å². The molecular formula is C15H21NO. The Morgan fingerprint density at radius 2 is 1.94 bits per heavy atom. The molecule has 1 heterocycles. The Morgan fingerprint density at radius 1 is 1.29 bits per heavy atom. The molecule has 0 saturated heterocycles. The summed E-state index contributed by atoms with van der Waals surface area (Å²) in [5.41, 5.74) is 2.80. The van der Waals surface area contributed by atoms with Crippen LogP contribution in [0.3, 0.4) is 0 Å². The average Bonchev–Trinajstić information content (AvgIpc) is 2.46. The molecule has 0 bridgehead atoms. The summed E-state index contributed by atoms with van der Waals surface area (Å²) in [6, 6.07) is 8.86. The molecule has 2 nitrogen and oxygen atoms in total. The SMILES string of the molecule is CC(C)C(=O)N1CCc2ccccc2CC1C. The predicted octanol–water partition coefficient (Wildman–Crippen LogP) is 2.66. The highest BCUT2D eigenvalue weighted by atomic mass is 16.2. The van der Waals surface area contributed by atoms with E-state index >= 15 is 0 Å². The minimum absolute atomic E-state index is 0.0960. The molecule has 1 amide bonds. The van der Waals surface area contributed by atoms with Crippen molar-refractivity contribution in [3.05, 3.63) is 35.4 Å². The van der Waals surface area contributed by atoms with Gasteiger partial charge in [0.2, 0.25) is 5.91 Å². The van der Waals surface area contributed by atoms with Crippen molar-refractivity contribution in [2.24, 2.45) is 5.92 Å². The first-order chi connectivity index (χ1) is 8.09. The summed E-state index contributed by atoms with van der Waals surface area (Å²) < 4.78 is 0. The van der Waals surface area contributed by atoms with Crippen molar-refractivity contribution >= 4 is 5.91 Å². The molecule has 0 spiro atoms. The van der Waals surface area contributed by atoms with Gasteiger partial charge in [-0.05, 0) is 30.9 Å². The van der Waals surface area contributed by atoms with Gasteiger partial charge in [-0.15, -0.1) is 0 Å². The lowest BCUT2D eigenvalue weighted by atomic mass is 10.0. The summed E-state index contributed by atoms with van der Waals surface area (Å²) >= 11 is 0. The highest BCUT2D eigenvalue weighted by Crippen LogP contribution is 2.20. The maximum atomic E-state index is 12.1. The highest BCUT2D eigenvalue weighted by molar-refractivity contribution is 5.78. The maximum absolute atomic E-state index is 12.1. The Balaban J connectivity index is 2.20. The van der Waals surface area contributed by atoms with Crippen molar-refractivity contribution in [3.63, 3.8) is 0 Å². The van der Waals surface area contributed by atoms with Crippen molar-refractivity contribution in [3.8, 4) is 0 Å². The van der Waals surface area contributed by atoms with Gasteiger partial charge in [0.25, 0.3) is 0 Å². The molecule has 0 N–H and O–H groups in total. The zero-order valence-corrected chi connectivity index (χ0v) is 10.9. The summed E-state index contributed by atoms with van der Waals surface area (Å²) in [4.78, 5) is 14.2. The second kappa shape index (κ2) is 4.91. The first-order valence-corrected chi connectivity index (χ1v) is 6.47. The van der Waals surface area contributed by atoms with Crippen LogP contribution in [0.15, 0.2) is 24.3 Å². The number of amides is 1. The van der Waals surface area contributed by atoms with Crippen molar-refractivity contribution < 1.29 is 4.79 Å². The molecule has 1 aliphatic heterocycles. The lowest BCUT2D eigenvalue weighted by molar-refractivity contribution is -0.136. The molecule has 2 rings (SSSR count). The Kier molecular flexibility index (Phi) is 3.51. The average molecular weight is 231 g/mol. The lowest BCUT2D eigenvalue weighted by Crippen LogP contribution is -2.42. The second-order valence-corrected chi connectivity index (χ2v) is 5.26. The number of carbonyl (C=O) groups excluding carboxylic acids is 1. The number of fused-ring (bicyclic) bond motifs is 1. The first kappa shape index (κ1) is 12.2. The summed E-state index contributed by atoms with van der Waals surface area (Å²) in [6.07, 6.45) is 1.97. The number of rotatable bonds is 1. The van der Waals surface area contributed by atoms with Gasteiger partial charge in [-0.2, -0.15) is 0 Å². The van der Waals surface area contributed by atoms with E-state index in [2.05, 4.69) is 31.2 Å². The third kappa shape index (κ3) is 2.51. The van der Waals surface area contributed by atoms with Gasteiger partial charge in [0.15, 0.2) is 0 Å². The fraction of sp³-hybridized carbons (Fsp3) is 0.533. The van der Waals surface area contributed by atoms with E-state index in [0.717, 1.165) is 19.4 Å². The highest BCUT2D eigenvalue weighted by Gasteiger charge is 2.25. The van der Waals surface area contributed by atoms with Gasteiger partial charge < -0.3 is 4.90 Å². The second-order valence-electron chi connectivity index (χ2n) is 5.26. The van der Waals surface area contributed by atoms with Crippen molar-refractivity contribution in [1.82, 2.24) is 4.90 Å². The van der Waals surface area contributed by atoms with Gasteiger partial charge >= 0.3 is 0 Å². The zero-order valence-electron chi connectivity index (χ0n) is 10.9. The Labute approximate surface area is 104 Å². The monoisotopic (exact) mass is 231 g/mol. The molecule has 1 atom stereocenters. The molecule has 1 unspecified atom stereocenters. The molecule has 1 aliphatic rings. The van der Waals surface area contributed by atoms with Crippen LogP contribution in [0.4, 0.5) is 0 Å². The van der Waals surface area contributed by atoms with E-state index in [9.17, 15) is 4.79 Å². The molecule has 0 fully saturated rings. The van der Waals surface area contributed by atoms with E-state index in [1.165, 1.54) is 11.1 Å². The minimum Gasteiger partial charge on any atom is -0.339 e. The number of carbonyl (C=O) groups is 1. The Morgan fingerprint density at radius 3 is 2.59 bits per heavy atom. The van der Waals surface area contributed by atoms with Crippen LogP contribution in [-0.4, -0.2) is 23.4 Å². The van der Waals surface area contributed by atoms with Crippen LogP contribution in [0.25, 0.3) is 0 Å². The fourth-order valence-electron chi connectivity index (χ4n) is 2.55. The third-order valence-electron chi connectivity index (χ3n) is 3.56. The predicted molar refractivity (Wildman–Crippen MR) is 69.9 cm³/mol. The van der Waals surface area contributed by atoms with Gasteiger partial charge in [-0.3, -0.25) is 4.79 Å². The fourth-order valence-corrected chi connectivity index (χ4v) is 2.55. The molecule has 0 aromatic heterocycles. The topological polar surface area (TPSA) is 20.3 Å². The van der Waals surface area contributed by atoms with E-state index in [1.807, 2.05) is 18.7 Å². The van der Waals surface area contributed by atoms with E-state index in [1.54, 1.807) is 0 Å². The van der Waals surface area contributed by atoms with Crippen LogP contribution in [0.5, 0.6) is 0 Å². The largest absolute Gasteiger partial charge is 0.339 e. The van der Waals surface area contributed by atoms with E-state index in [4.69, 9.17) is 0 Å². The molecule has 92 valence electrons. The molecule has 1 aromatic carbocycles. The molecule has 0 aliphatic carbocycles. The van der Waals surface area contributed by atoms with Crippen LogP contribution in [0.1, 0.15) is 31.9 Å². The lowest BCUT2D eigenvalue weighted by Gasteiger charge is -2.28. The summed E-state index contributed by atoms with van der Waals surface area (Å²) in [5.74, 6) is 0.379. The molecule has 0 radical (unpaired) electrons. The maximum Gasteiger partial charge on any atom is 0.225 e. The molecule has 17 heavy (non-hydrogen) atoms. The summed E-state index contributed by atoms with van der Waals surface area (Å²) in [6.45, 7) is 6.97. The van der Waals surface area contributed by atoms with Crippen molar-refractivity contribution in [2.45, 2.75) is 39.7 Å². The quantitative estimate of drug-likeness (QED) is 0.727. The standard InChI is InChI=1S/C15H21NO/c1-11(2)15(17)16-9-8-13-6-4-5-7-14(13)10-12(16)3/h4-7,11-12H,8-10H2,1-3H3. The van der Waals surface area contributed by atoms with Crippen LogP contribution < -0.4 is 0 Å². The van der Waals surface area contributed by atoms with Crippen LogP contribution in [0.2, 0.25) is 0 Å². The number of benzene rings is 1. The molecule has 1 aromatic rings. The van der Waals surface area contributed by atoms with Crippen LogP contribution >= 0.6 is 0 Å². The molecular weight excluding hydrogens is 210 g/mol. The van der Waals surface area contributed by atoms with Gasteiger partial charge in [0.05, 0.1) is 0 Å². The van der Waals surface area contributed by atoms with Crippen LogP contribution in [-0.2, 0) is 17.6 Å². The third-order valence-corrected chi connectivity index (χ3v) is 3.56. The zero-order chi connectivity index (χ0) is 12.4.